The van der Waals surface area contributed by atoms with Crippen LogP contribution in [-0.2, 0) is 19.6 Å². The van der Waals surface area contributed by atoms with Crippen molar-refractivity contribution in [3.05, 3.63) is 29.8 Å². The predicted molar refractivity (Wildman–Crippen MR) is 76.7 cm³/mol. The molecule has 0 aliphatic heterocycles. The van der Waals surface area contributed by atoms with Gasteiger partial charge in [-0.3, -0.25) is 0 Å². The highest BCUT2D eigenvalue weighted by molar-refractivity contribution is 7.89. The Balaban J connectivity index is 3.13. The number of hydrogen-bond acceptors (Lipinski definition) is 5. The zero-order valence-corrected chi connectivity index (χ0v) is 12.5. The average Bonchev–Trinajstić information content (AvgIpc) is 2.45. The van der Waals surface area contributed by atoms with E-state index in [1.54, 1.807) is 6.07 Å². The van der Waals surface area contributed by atoms with E-state index >= 15 is 0 Å². The molecule has 1 aromatic rings. The van der Waals surface area contributed by atoms with Crippen molar-refractivity contribution in [1.29, 1.82) is 0 Å². The van der Waals surface area contributed by atoms with E-state index in [1.807, 2.05) is 0 Å². The molecule has 1 rings (SSSR count). The van der Waals surface area contributed by atoms with Gasteiger partial charge in [0.05, 0.1) is 13.7 Å². The second-order valence-electron chi connectivity index (χ2n) is 3.97. The second-order valence-corrected chi connectivity index (χ2v) is 5.71. The van der Waals surface area contributed by atoms with E-state index in [0.717, 1.165) is 6.08 Å². The number of aliphatic carboxylic acids is 1. The zero-order valence-electron chi connectivity index (χ0n) is 11.7. The van der Waals surface area contributed by atoms with E-state index in [-0.39, 0.29) is 23.8 Å². The molecule has 21 heavy (non-hydrogen) atoms. The number of nitrogens with one attached hydrogen (secondary N) is 1. The summed E-state index contributed by atoms with van der Waals surface area (Å²) in [5, 5.41) is 8.59. The zero-order chi connectivity index (χ0) is 15.9. The highest BCUT2D eigenvalue weighted by Gasteiger charge is 2.19. The largest absolute Gasteiger partial charge is 0.495 e. The molecule has 0 amide bonds. The lowest BCUT2D eigenvalue weighted by Gasteiger charge is -2.11. The third-order valence-electron chi connectivity index (χ3n) is 2.49. The number of sulfonamides is 1. The van der Waals surface area contributed by atoms with Crippen LogP contribution in [0.15, 0.2) is 29.2 Å². The van der Waals surface area contributed by atoms with Gasteiger partial charge in [0.15, 0.2) is 0 Å². The molecule has 0 aromatic heterocycles. The number of carbonyl (C=O) groups is 1. The van der Waals surface area contributed by atoms with Gasteiger partial charge in [-0.2, -0.15) is 0 Å². The van der Waals surface area contributed by atoms with Crippen molar-refractivity contribution in [2.24, 2.45) is 0 Å². The summed E-state index contributed by atoms with van der Waals surface area (Å²) in [6.45, 7) is 0.358. The highest BCUT2D eigenvalue weighted by Crippen LogP contribution is 2.25. The lowest BCUT2D eigenvalue weighted by atomic mass is 10.2. The minimum atomic E-state index is -3.77. The van der Waals surface area contributed by atoms with Crippen molar-refractivity contribution in [3.63, 3.8) is 0 Å². The summed E-state index contributed by atoms with van der Waals surface area (Å²) < 4.78 is 36.6. The Hall–Kier alpha value is -1.90. The molecule has 0 atom stereocenters. The van der Waals surface area contributed by atoms with E-state index in [1.165, 1.54) is 32.4 Å². The third-order valence-corrected chi connectivity index (χ3v) is 3.98. The van der Waals surface area contributed by atoms with Crippen molar-refractivity contribution in [1.82, 2.24) is 4.72 Å². The lowest BCUT2D eigenvalue weighted by Crippen LogP contribution is -2.27. The first kappa shape index (κ1) is 17.2. The number of carboxylic acid groups (broad SMARTS) is 1. The van der Waals surface area contributed by atoms with Gasteiger partial charge in [0.2, 0.25) is 10.0 Å². The molecule has 0 saturated carbocycles. The molecular weight excluding hydrogens is 298 g/mol. The fraction of sp³-hybridized carbons (Fsp3) is 0.308. The van der Waals surface area contributed by atoms with Crippen molar-refractivity contribution in [3.8, 4) is 5.75 Å². The Morgan fingerprint density at radius 2 is 2.10 bits per heavy atom. The van der Waals surface area contributed by atoms with E-state index in [2.05, 4.69) is 4.72 Å². The molecule has 0 saturated heterocycles. The number of hydrogen-bond donors (Lipinski definition) is 2. The van der Waals surface area contributed by atoms with E-state index in [9.17, 15) is 13.2 Å². The first-order valence-corrected chi connectivity index (χ1v) is 7.46. The number of carboxylic acids is 1. The molecule has 116 valence electrons. The molecule has 0 radical (unpaired) electrons. The van der Waals surface area contributed by atoms with Gasteiger partial charge < -0.3 is 14.6 Å². The van der Waals surface area contributed by atoms with Gasteiger partial charge >= 0.3 is 5.97 Å². The van der Waals surface area contributed by atoms with Crippen molar-refractivity contribution in [2.75, 3.05) is 27.4 Å². The molecule has 2 N–H and O–H groups in total. The highest BCUT2D eigenvalue weighted by atomic mass is 32.2. The lowest BCUT2D eigenvalue weighted by molar-refractivity contribution is -0.131. The van der Waals surface area contributed by atoms with Crippen LogP contribution in [0.1, 0.15) is 5.56 Å². The number of methoxy groups -OCH3 is 2. The summed E-state index contributed by atoms with van der Waals surface area (Å²) in [7, 11) is -0.951. The molecule has 0 aliphatic rings. The van der Waals surface area contributed by atoms with Gasteiger partial charge in [0.25, 0.3) is 0 Å². The van der Waals surface area contributed by atoms with Crippen LogP contribution >= 0.6 is 0 Å². The maximum absolute atomic E-state index is 12.2. The number of benzene rings is 1. The molecule has 0 spiro atoms. The molecule has 0 heterocycles. The normalized spacial score (nSPS) is 11.7. The average molecular weight is 315 g/mol. The standard InChI is InChI=1S/C13H17NO6S/c1-19-8-7-14-21(17,18)12-9-10(4-6-13(15)16)3-5-11(12)20-2/h3-6,9,14H,7-8H2,1-2H3,(H,15,16)/b6-4+. The maximum atomic E-state index is 12.2. The van der Waals surface area contributed by atoms with Crippen LogP contribution in [0.5, 0.6) is 5.75 Å². The Labute approximate surface area is 123 Å². The third kappa shape index (κ3) is 5.18. The molecule has 1 aromatic carbocycles. The molecule has 0 aliphatic carbocycles. The quantitative estimate of drug-likeness (QED) is 0.541. The van der Waals surface area contributed by atoms with Crippen LogP contribution in [0.4, 0.5) is 0 Å². The predicted octanol–water partition coefficient (Wildman–Crippen LogP) is 0.718. The van der Waals surface area contributed by atoms with Crippen LogP contribution in [0.3, 0.4) is 0 Å². The second kappa shape index (κ2) is 7.77. The van der Waals surface area contributed by atoms with Crippen LogP contribution in [0.2, 0.25) is 0 Å². The SMILES string of the molecule is COCCNS(=O)(=O)c1cc(/C=C/C(=O)O)ccc1OC. The fourth-order valence-electron chi connectivity index (χ4n) is 1.53. The van der Waals surface area contributed by atoms with E-state index < -0.39 is 16.0 Å². The molecule has 0 fully saturated rings. The van der Waals surface area contributed by atoms with Crippen molar-refractivity contribution >= 4 is 22.1 Å². The summed E-state index contributed by atoms with van der Waals surface area (Å²) in [5.74, 6) is -0.944. The van der Waals surface area contributed by atoms with Gasteiger partial charge in [0, 0.05) is 19.7 Å². The summed E-state index contributed by atoms with van der Waals surface area (Å²) >= 11 is 0. The Bertz CT molecular complexity index is 624. The molecule has 0 bridgehead atoms. The topological polar surface area (TPSA) is 102 Å². The molecule has 0 unspecified atom stereocenters. The Morgan fingerprint density at radius 1 is 1.38 bits per heavy atom. The van der Waals surface area contributed by atoms with Gasteiger partial charge in [-0.25, -0.2) is 17.9 Å². The van der Waals surface area contributed by atoms with Gasteiger partial charge in [-0.15, -0.1) is 0 Å². The Morgan fingerprint density at radius 3 is 2.67 bits per heavy atom. The number of rotatable bonds is 8. The maximum Gasteiger partial charge on any atom is 0.328 e. The van der Waals surface area contributed by atoms with Crippen molar-refractivity contribution in [2.45, 2.75) is 4.90 Å². The summed E-state index contributed by atoms with van der Waals surface area (Å²) in [5.41, 5.74) is 0.435. The summed E-state index contributed by atoms with van der Waals surface area (Å²) in [6.07, 6.45) is 2.23. The summed E-state index contributed by atoms with van der Waals surface area (Å²) in [6, 6.07) is 4.37. The van der Waals surface area contributed by atoms with Crippen LogP contribution in [-0.4, -0.2) is 46.9 Å². The van der Waals surface area contributed by atoms with Crippen molar-refractivity contribution < 1.29 is 27.8 Å². The van der Waals surface area contributed by atoms with E-state index in [0.29, 0.717) is 5.56 Å². The van der Waals surface area contributed by atoms with E-state index in [4.69, 9.17) is 14.6 Å². The minimum Gasteiger partial charge on any atom is -0.495 e. The van der Waals surface area contributed by atoms with Gasteiger partial charge in [-0.05, 0) is 23.8 Å². The molecular formula is C13H17NO6S. The first-order chi connectivity index (χ1) is 9.90. The summed E-state index contributed by atoms with van der Waals surface area (Å²) in [4.78, 5) is 10.4. The van der Waals surface area contributed by atoms with Crippen LogP contribution in [0.25, 0.3) is 6.08 Å². The minimum absolute atomic E-state index is 0.0614. The number of ether oxygens (including phenoxy) is 2. The van der Waals surface area contributed by atoms with Gasteiger partial charge in [-0.1, -0.05) is 6.07 Å². The van der Waals surface area contributed by atoms with Crippen LogP contribution in [0, 0.1) is 0 Å². The Kier molecular flexibility index (Phi) is 6.35. The molecule has 7 nitrogen and oxygen atoms in total. The first-order valence-electron chi connectivity index (χ1n) is 5.98. The smallest absolute Gasteiger partial charge is 0.328 e. The van der Waals surface area contributed by atoms with Crippen LogP contribution < -0.4 is 9.46 Å². The van der Waals surface area contributed by atoms with Gasteiger partial charge in [0.1, 0.15) is 10.6 Å². The molecule has 8 heteroatoms. The fourth-order valence-corrected chi connectivity index (χ4v) is 2.75. The monoisotopic (exact) mass is 315 g/mol.